The third-order valence-corrected chi connectivity index (χ3v) is 7.01. The van der Waals surface area contributed by atoms with Crippen LogP contribution in [-0.2, 0) is 14.1 Å². The van der Waals surface area contributed by atoms with Crippen molar-refractivity contribution in [2.45, 2.75) is 6.04 Å². The highest BCUT2D eigenvalue weighted by Gasteiger charge is 2.36. The summed E-state index contributed by atoms with van der Waals surface area (Å²) in [6, 6.07) is 26.4. The first-order chi connectivity index (χ1) is 18.4. The fourth-order valence-corrected chi connectivity index (χ4v) is 4.96. The van der Waals surface area contributed by atoms with Crippen molar-refractivity contribution >= 4 is 29.4 Å². The largest absolute Gasteiger partial charge is 0.332 e. The van der Waals surface area contributed by atoms with E-state index in [9.17, 15) is 9.59 Å². The van der Waals surface area contributed by atoms with Crippen LogP contribution in [0.2, 0.25) is 5.02 Å². The van der Waals surface area contributed by atoms with E-state index in [0.717, 1.165) is 32.8 Å². The van der Waals surface area contributed by atoms with Gasteiger partial charge in [-0.15, -0.1) is 0 Å². The number of aliphatic imine (C=N–C) groups is 1. The van der Waals surface area contributed by atoms with E-state index in [1.54, 1.807) is 25.5 Å². The maximum absolute atomic E-state index is 13.7. The lowest BCUT2D eigenvalue weighted by Gasteiger charge is -2.34. The highest BCUT2D eigenvalue weighted by molar-refractivity contribution is 6.30. The molecule has 3 heterocycles. The topological polar surface area (TPSA) is 77.4 Å². The third-order valence-electron chi connectivity index (χ3n) is 6.75. The third kappa shape index (κ3) is 3.86. The molecule has 1 atom stereocenters. The highest BCUT2D eigenvalue weighted by atomic mass is 35.5. The first-order valence-corrected chi connectivity index (χ1v) is 12.4. The van der Waals surface area contributed by atoms with E-state index in [1.807, 2.05) is 88.6 Å². The Bertz CT molecular complexity index is 1790. The van der Waals surface area contributed by atoms with Crippen LogP contribution < -0.4 is 16.1 Å². The average Bonchev–Trinajstić information content (AvgIpc) is 3.41. The van der Waals surface area contributed by atoms with Gasteiger partial charge in [0.2, 0.25) is 0 Å². The van der Waals surface area contributed by atoms with Gasteiger partial charge in [-0.1, -0.05) is 60.1 Å². The summed E-state index contributed by atoms with van der Waals surface area (Å²) in [5, 5.41) is 5.58. The maximum Gasteiger partial charge on any atom is 0.332 e. The van der Waals surface area contributed by atoms with Crippen molar-refractivity contribution in [3.05, 3.63) is 128 Å². The van der Waals surface area contributed by atoms with Crippen molar-refractivity contribution < 1.29 is 0 Å². The molecule has 1 aliphatic heterocycles. The molecule has 0 radical (unpaired) electrons. The summed E-state index contributed by atoms with van der Waals surface area (Å²) in [5.74, 6) is 0.319. The van der Waals surface area contributed by atoms with Crippen LogP contribution in [0.1, 0.15) is 17.2 Å². The Morgan fingerprint density at radius 3 is 2.13 bits per heavy atom. The van der Waals surface area contributed by atoms with Crippen molar-refractivity contribution in [1.82, 2.24) is 18.9 Å². The van der Waals surface area contributed by atoms with Crippen LogP contribution in [0.5, 0.6) is 0 Å². The lowest BCUT2D eigenvalue weighted by molar-refractivity contribution is 0.651. The lowest BCUT2D eigenvalue weighted by Crippen LogP contribution is -2.44. The van der Waals surface area contributed by atoms with E-state index in [0.29, 0.717) is 16.4 Å². The molecule has 0 bridgehead atoms. The number of hydrogen-bond acceptors (Lipinski definition) is 5. The van der Waals surface area contributed by atoms with Gasteiger partial charge in [0.25, 0.3) is 5.56 Å². The first kappa shape index (κ1) is 23.7. The summed E-state index contributed by atoms with van der Waals surface area (Å²) in [5.41, 5.74) is 3.62. The molecule has 6 rings (SSSR count). The van der Waals surface area contributed by atoms with Crippen molar-refractivity contribution in [1.29, 1.82) is 0 Å². The molecule has 0 saturated carbocycles. The van der Waals surface area contributed by atoms with Crippen LogP contribution in [0.3, 0.4) is 0 Å². The lowest BCUT2D eigenvalue weighted by atomic mass is 9.94. The quantitative estimate of drug-likeness (QED) is 0.338. The van der Waals surface area contributed by atoms with Crippen molar-refractivity contribution in [2.75, 3.05) is 4.90 Å². The molecule has 0 amide bonds. The monoisotopic (exact) mass is 522 g/mol. The summed E-state index contributed by atoms with van der Waals surface area (Å²) in [7, 11) is 3.11. The fourth-order valence-electron chi connectivity index (χ4n) is 4.83. The van der Waals surface area contributed by atoms with E-state index in [-0.39, 0.29) is 0 Å². The van der Waals surface area contributed by atoms with Gasteiger partial charge in [-0.3, -0.25) is 13.9 Å². The second-order valence-corrected chi connectivity index (χ2v) is 9.49. The molecule has 2 aromatic heterocycles. The van der Waals surface area contributed by atoms with Gasteiger partial charge in [-0.05, 0) is 36.4 Å². The number of benzene rings is 3. The summed E-state index contributed by atoms with van der Waals surface area (Å²) in [6.07, 6.45) is 3.60. The molecule has 0 saturated heterocycles. The Labute approximate surface area is 223 Å². The van der Waals surface area contributed by atoms with Gasteiger partial charge in [-0.25, -0.2) is 14.5 Å². The summed E-state index contributed by atoms with van der Waals surface area (Å²) >= 11 is 6.19. The van der Waals surface area contributed by atoms with Gasteiger partial charge >= 0.3 is 5.69 Å². The Morgan fingerprint density at radius 2 is 1.45 bits per heavy atom. The van der Waals surface area contributed by atoms with Gasteiger partial charge in [0.15, 0.2) is 0 Å². The van der Waals surface area contributed by atoms with Crippen molar-refractivity contribution in [2.24, 2.45) is 19.1 Å². The number of anilines is 1. The van der Waals surface area contributed by atoms with Crippen LogP contribution in [0.15, 0.2) is 106 Å². The SMILES string of the molecule is Cn1c2c(c(=O)n(C)c1=O)C(c1cn(-c3ccccc3)nc1-c1ccccc1)N(c1ccc(Cl)cc1)C=N2. The molecule has 38 heavy (non-hydrogen) atoms. The number of rotatable bonds is 4. The molecule has 1 unspecified atom stereocenters. The molecular weight excluding hydrogens is 500 g/mol. The molecule has 8 nitrogen and oxygen atoms in total. The molecule has 0 N–H and O–H groups in total. The highest BCUT2D eigenvalue weighted by Crippen LogP contribution is 2.41. The van der Waals surface area contributed by atoms with Gasteiger partial charge in [-0.2, -0.15) is 5.10 Å². The normalized spacial score (nSPS) is 14.5. The number of hydrogen-bond donors (Lipinski definition) is 0. The summed E-state index contributed by atoms with van der Waals surface area (Å²) in [6.45, 7) is 0. The van der Waals surface area contributed by atoms with Gasteiger partial charge in [0.05, 0.1) is 29.3 Å². The predicted molar refractivity (Wildman–Crippen MR) is 150 cm³/mol. The van der Waals surface area contributed by atoms with E-state index in [4.69, 9.17) is 16.7 Å². The molecule has 188 valence electrons. The molecule has 3 aromatic carbocycles. The molecule has 5 aromatic rings. The van der Waals surface area contributed by atoms with E-state index in [2.05, 4.69) is 4.99 Å². The number of halogens is 1. The summed E-state index contributed by atoms with van der Waals surface area (Å²) < 4.78 is 4.34. The minimum absolute atomic E-state index is 0.319. The molecule has 0 aliphatic carbocycles. The molecular formula is C29H23ClN6O2. The molecule has 1 aliphatic rings. The second kappa shape index (κ2) is 9.32. The van der Waals surface area contributed by atoms with Gasteiger partial charge in [0, 0.05) is 42.1 Å². The molecule has 0 spiro atoms. The Morgan fingerprint density at radius 1 is 0.789 bits per heavy atom. The fraction of sp³-hybridized carbons (Fsp3) is 0.103. The van der Waals surface area contributed by atoms with Gasteiger partial charge in [0.1, 0.15) is 5.82 Å². The van der Waals surface area contributed by atoms with Crippen LogP contribution in [0, 0.1) is 0 Å². The van der Waals surface area contributed by atoms with Crippen LogP contribution in [0.4, 0.5) is 11.5 Å². The standard InChI is InChI=1S/C29H23ClN6O2/c1-33-27-24(28(37)34(2)29(33)38)26(35(18-31-27)21-15-13-20(30)14-16-21)23-17-36(22-11-7-4-8-12-22)32-25(23)19-9-5-3-6-10-19/h3-18,26H,1-2H3. The summed E-state index contributed by atoms with van der Waals surface area (Å²) in [4.78, 5) is 33.0. The van der Waals surface area contributed by atoms with E-state index >= 15 is 0 Å². The molecule has 9 heteroatoms. The second-order valence-electron chi connectivity index (χ2n) is 9.05. The Hall–Kier alpha value is -4.69. The zero-order valence-electron chi connectivity index (χ0n) is 20.7. The first-order valence-electron chi connectivity index (χ1n) is 12.0. The van der Waals surface area contributed by atoms with Crippen LogP contribution >= 0.6 is 11.6 Å². The Balaban J connectivity index is 1.68. The van der Waals surface area contributed by atoms with E-state index < -0.39 is 17.3 Å². The maximum atomic E-state index is 13.7. The number of nitrogens with zero attached hydrogens (tertiary/aromatic N) is 6. The minimum atomic E-state index is -0.623. The number of fused-ring (bicyclic) bond motifs is 1. The van der Waals surface area contributed by atoms with Crippen molar-refractivity contribution in [3.63, 3.8) is 0 Å². The zero-order chi connectivity index (χ0) is 26.4. The minimum Gasteiger partial charge on any atom is -0.320 e. The van der Waals surface area contributed by atoms with Crippen molar-refractivity contribution in [3.8, 4) is 16.9 Å². The smallest absolute Gasteiger partial charge is 0.320 e. The number of para-hydroxylation sites is 1. The van der Waals surface area contributed by atoms with Crippen LogP contribution in [0.25, 0.3) is 16.9 Å². The predicted octanol–water partition coefficient (Wildman–Crippen LogP) is 4.86. The van der Waals surface area contributed by atoms with E-state index in [1.165, 1.54) is 11.6 Å². The number of aromatic nitrogens is 4. The van der Waals surface area contributed by atoms with Gasteiger partial charge < -0.3 is 4.90 Å². The van der Waals surface area contributed by atoms with Crippen LogP contribution in [-0.4, -0.2) is 25.3 Å². The zero-order valence-corrected chi connectivity index (χ0v) is 21.4. The average molecular weight is 523 g/mol. The molecule has 0 fully saturated rings. The Kier molecular flexibility index (Phi) is 5.81.